The average Bonchev–Trinajstić information content (AvgIpc) is 3.12. The van der Waals surface area contributed by atoms with Crippen LogP contribution in [-0.4, -0.2) is 34.6 Å². The van der Waals surface area contributed by atoms with Crippen LogP contribution in [-0.2, 0) is 9.59 Å². The summed E-state index contributed by atoms with van der Waals surface area (Å²) in [5.74, 6) is -0.835. The maximum absolute atomic E-state index is 14.2. The molecule has 0 radical (unpaired) electrons. The Balaban J connectivity index is 1.48. The fourth-order valence-electron chi connectivity index (χ4n) is 4.04. The number of carbonyl (C=O) groups excluding carboxylic acids is 2. The molecule has 2 fully saturated rings. The van der Waals surface area contributed by atoms with Crippen LogP contribution in [0, 0.1) is 11.7 Å². The third-order valence-corrected chi connectivity index (χ3v) is 5.47. The molecule has 0 spiro atoms. The molecule has 1 aromatic heterocycles. The van der Waals surface area contributed by atoms with Gasteiger partial charge in [0.1, 0.15) is 5.82 Å². The smallest absolute Gasteiger partial charge is 0.229 e. The van der Waals surface area contributed by atoms with Gasteiger partial charge in [0.05, 0.1) is 16.8 Å². The van der Waals surface area contributed by atoms with Gasteiger partial charge in [-0.2, -0.15) is 5.10 Å². The van der Waals surface area contributed by atoms with Gasteiger partial charge in [0.25, 0.3) is 0 Å². The molecule has 2 amide bonds. The summed E-state index contributed by atoms with van der Waals surface area (Å²) in [6.07, 6.45) is 6.87. The van der Waals surface area contributed by atoms with Gasteiger partial charge in [0, 0.05) is 19.0 Å². The van der Waals surface area contributed by atoms with Crippen LogP contribution in [0.4, 0.5) is 10.2 Å². The molecule has 1 aliphatic heterocycles. The van der Waals surface area contributed by atoms with Gasteiger partial charge in [-0.25, -0.2) is 4.39 Å². The van der Waals surface area contributed by atoms with E-state index in [1.54, 1.807) is 12.1 Å². The first kappa shape index (κ1) is 17.0. The Morgan fingerprint density at radius 3 is 2.77 bits per heavy atom. The third kappa shape index (κ3) is 3.18. The highest BCUT2D eigenvalue weighted by Crippen LogP contribution is 2.31. The maximum atomic E-state index is 14.2. The summed E-state index contributed by atoms with van der Waals surface area (Å²) in [7, 11) is 0. The molecule has 2 heterocycles. The van der Waals surface area contributed by atoms with E-state index in [9.17, 15) is 14.0 Å². The molecule has 1 aliphatic carbocycles. The zero-order chi connectivity index (χ0) is 18.1. The molecule has 2 aliphatic rings. The Morgan fingerprint density at radius 2 is 2.00 bits per heavy atom. The van der Waals surface area contributed by atoms with Gasteiger partial charge in [0.15, 0.2) is 5.82 Å². The highest BCUT2D eigenvalue weighted by atomic mass is 19.1. The lowest BCUT2D eigenvalue weighted by molar-refractivity contribution is -0.127. The SMILES string of the molecule is O=C(NC1CCCCCC1)C1CC(=O)N(c2n[nH]c3cccc(F)c23)C1. The first-order chi connectivity index (χ1) is 12.6. The summed E-state index contributed by atoms with van der Waals surface area (Å²) < 4.78 is 14.2. The number of nitrogens with one attached hydrogen (secondary N) is 2. The van der Waals surface area contributed by atoms with Crippen molar-refractivity contribution in [3.63, 3.8) is 0 Å². The van der Waals surface area contributed by atoms with Crippen molar-refractivity contribution in [2.75, 3.05) is 11.4 Å². The van der Waals surface area contributed by atoms with E-state index in [0.29, 0.717) is 10.9 Å². The third-order valence-electron chi connectivity index (χ3n) is 5.47. The molecule has 2 aromatic rings. The topological polar surface area (TPSA) is 78.1 Å². The summed E-state index contributed by atoms with van der Waals surface area (Å²) in [5, 5.41) is 10.3. The van der Waals surface area contributed by atoms with Crippen molar-refractivity contribution in [3.05, 3.63) is 24.0 Å². The second kappa shape index (κ2) is 7.05. The molecule has 26 heavy (non-hydrogen) atoms. The number of amides is 2. The van der Waals surface area contributed by atoms with Gasteiger partial charge in [-0.1, -0.05) is 31.7 Å². The molecule has 0 bridgehead atoms. The van der Waals surface area contributed by atoms with Crippen molar-refractivity contribution in [2.45, 2.75) is 51.0 Å². The van der Waals surface area contributed by atoms with Crippen LogP contribution in [0.1, 0.15) is 44.9 Å². The number of anilines is 1. The number of hydrogen-bond acceptors (Lipinski definition) is 3. The standard InChI is InChI=1S/C19H23FN4O2/c20-14-8-5-9-15-17(14)18(23-22-15)24-11-12(10-16(24)25)19(26)21-13-6-3-1-2-4-7-13/h5,8-9,12-13H,1-4,6-7,10-11H2,(H,21,26)(H,22,23). The van der Waals surface area contributed by atoms with Crippen LogP contribution >= 0.6 is 0 Å². The van der Waals surface area contributed by atoms with Gasteiger partial charge in [0.2, 0.25) is 11.8 Å². The number of rotatable bonds is 3. The molecule has 6 nitrogen and oxygen atoms in total. The lowest BCUT2D eigenvalue weighted by atomic mass is 10.0. The number of aromatic nitrogens is 2. The minimum Gasteiger partial charge on any atom is -0.353 e. The Morgan fingerprint density at radius 1 is 1.23 bits per heavy atom. The number of nitrogens with zero attached hydrogens (tertiary/aromatic N) is 2. The largest absolute Gasteiger partial charge is 0.353 e. The Bertz CT molecular complexity index is 826. The molecule has 1 atom stereocenters. The fourth-order valence-corrected chi connectivity index (χ4v) is 4.04. The van der Waals surface area contributed by atoms with Crippen LogP contribution in [0.3, 0.4) is 0 Å². The summed E-state index contributed by atoms with van der Waals surface area (Å²) in [5.41, 5.74) is 0.541. The van der Waals surface area contributed by atoms with E-state index in [1.807, 2.05) is 0 Å². The molecular formula is C19H23FN4O2. The van der Waals surface area contributed by atoms with E-state index in [-0.39, 0.29) is 36.6 Å². The fraction of sp³-hybridized carbons (Fsp3) is 0.526. The van der Waals surface area contributed by atoms with E-state index >= 15 is 0 Å². The predicted molar refractivity (Wildman–Crippen MR) is 96.1 cm³/mol. The highest BCUT2D eigenvalue weighted by molar-refractivity contribution is 6.05. The Hall–Kier alpha value is -2.44. The van der Waals surface area contributed by atoms with Crippen molar-refractivity contribution >= 4 is 28.5 Å². The van der Waals surface area contributed by atoms with Crippen LogP contribution in [0.25, 0.3) is 10.9 Å². The number of aromatic amines is 1. The maximum Gasteiger partial charge on any atom is 0.229 e. The molecule has 138 valence electrons. The first-order valence-corrected chi connectivity index (χ1v) is 9.37. The van der Waals surface area contributed by atoms with Crippen molar-refractivity contribution in [1.29, 1.82) is 0 Å². The zero-order valence-electron chi connectivity index (χ0n) is 14.6. The van der Waals surface area contributed by atoms with Crippen molar-refractivity contribution in [1.82, 2.24) is 15.5 Å². The minimum absolute atomic E-state index is 0.0759. The molecule has 1 saturated carbocycles. The number of fused-ring (bicyclic) bond motifs is 1. The Kier molecular flexibility index (Phi) is 4.61. The second-order valence-electron chi connectivity index (χ2n) is 7.31. The number of carbonyl (C=O) groups is 2. The summed E-state index contributed by atoms with van der Waals surface area (Å²) in [6.45, 7) is 0.242. The van der Waals surface area contributed by atoms with E-state index in [2.05, 4.69) is 15.5 Å². The van der Waals surface area contributed by atoms with Crippen molar-refractivity contribution in [2.24, 2.45) is 5.92 Å². The van der Waals surface area contributed by atoms with E-state index in [4.69, 9.17) is 0 Å². The molecular weight excluding hydrogens is 335 g/mol. The number of hydrogen-bond donors (Lipinski definition) is 2. The van der Waals surface area contributed by atoms with E-state index < -0.39 is 11.7 Å². The van der Waals surface area contributed by atoms with Gasteiger partial charge in [-0.05, 0) is 25.0 Å². The monoisotopic (exact) mass is 358 g/mol. The van der Waals surface area contributed by atoms with Gasteiger partial charge in [-0.15, -0.1) is 0 Å². The summed E-state index contributed by atoms with van der Waals surface area (Å²) >= 11 is 0. The molecule has 1 aromatic carbocycles. The summed E-state index contributed by atoms with van der Waals surface area (Å²) in [4.78, 5) is 26.5. The second-order valence-corrected chi connectivity index (χ2v) is 7.31. The Labute approximate surface area is 151 Å². The normalized spacial score (nSPS) is 22.0. The molecule has 7 heteroatoms. The lowest BCUT2D eigenvalue weighted by Gasteiger charge is -2.19. The lowest BCUT2D eigenvalue weighted by Crippen LogP contribution is -2.39. The predicted octanol–water partition coefficient (Wildman–Crippen LogP) is 2.89. The molecule has 1 unspecified atom stereocenters. The number of halogens is 1. The molecule has 2 N–H and O–H groups in total. The van der Waals surface area contributed by atoms with Crippen molar-refractivity contribution < 1.29 is 14.0 Å². The van der Waals surface area contributed by atoms with Crippen LogP contribution in [0.5, 0.6) is 0 Å². The van der Waals surface area contributed by atoms with E-state index in [0.717, 1.165) is 25.7 Å². The van der Waals surface area contributed by atoms with Crippen LogP contribution < -0.4 is 10.2 Å². The van der Waals surface area contributed by atoms with Crippen LogP contribution in [0.2, 0.25) is 0 Å². The van der Waals surface area contributed by atoms with E-state index in [1.165, 1.54) is 23.8 Å². The highest BCUT2D eigenvalue weighted by Gasteiger charge is 2.37. The minimum atomic E-state index is -0.426. The first-order valence-electron chi connectivity index (χ1n) is 9.37. The van der Waals surface area contributed by atoms with Gasteiger partial charge >= 0.3 is 0 Å². The average molecular weight is 358 g/mol. The summed E-state index contributed by atoms with van der Waals surface area (Å²) in [6, 6.07) is 4.86. The van der Waals surface area contributed by atoms with Crippen LogP contribution in [0.15, 0.2) is 18.2 Å². The van der Waals surface area contributed by atoms with Gasteiger partial charge in [-0.3, -0.25) is 19.6 Å². The zero-order valence-corrected chi connectivity index (χ0v) is 14.6. The van der Waals surface area contributed by atoms with Crippen molar-refractivity contribution in [3.8, 4) is 0 Å². The molecule has 4 rings (SSSR count). The number of H-pyrrole nitrogens is 1. The molecule has 1 saturated heterocycles. The van der Waals surface area contributed by atoms with Gasteiger partial charge < -0.3 is 5.32 Å². The quantitative estimate of drug-likeness (QED) is 0.828. The number of benzene rings is 1.